The van der Waals surface area contributed by atoms with Crippen LogP contribution in [-0.4, -0.2) is 21.0 Å². The molecule has 0 saturated carbocycles. The van der Waals surface area contributed by atoms with E-state index in [0.717, 1.165) is 26.7 Å². The summed E-state index contributed by atoms with van der Waals surface area (Å²) in [6, 6.07) is 17.0. The first-order valence-electron chi connectivity index (χ1n) is 8.75. The van der Waals surface area contributed by atoms with Crippen LogP contribution in [0.5, 0.6) is 0 Å². The molecule has 0 bridgehead atoms. The Kier molecular flexibility index (Phi) is 5.56. The number of halogens is 1. The summed E-state index contributed by atoms with van der Waals surface area (Å²) in [5, 5.41) is 10.5. The molecule has 150 valence electrons. The van der Waals surface area contributed by atoms with Crippen LogP contribution in [0, 0.1) is 10.1 Å². The predicted molar refractivity (Wildman–Crippen MR) is 116 cm³/mol. The van der Waals surface area contributed by atoms with Crippen molar-refractivity contribution in [2.45, 2.75) is 6.54 Å². The highest BCUT2D eigenvalue weighted by Crippen LogP contribution is 2.34. The van der Waals surface area contributed by atoms with Gasteiger partial charge >= 0.3 is 0 Å². The van der Waals surface area contributed by atoms with E-state index in [2.05, 4.69) is 15.9 Å². The van der Waals surface area contributed by atoms with Crippen LogP contribution in [0.15, 0.2) is 74.5 Å². The highest BCUT2D eigenvalue weighted by molar-refractivity contribution is 9.10. The first kappa shape index (κ1) is 20.1. The van der Waals surface area contributed by atoms with E-state index in [9.17, 15) is 19.7 Å². The summed E-state index contributed by atoms with van der Waals surface area (Å²) in [6.45, 7) is -0.0357. The van der Waals surface area contributed by atoms with Crippen molar-refractivity contribution in [3.05, 3.63) is 91.5 Å². The van der Waals surface area contributed by atoms with Gasteiger partial charge in [0, 0.05) is 28.2 Å². The van der Waals surface area contributed by atoms with Crippen LogP contribution < -0.4 is 0 Å². The summed E-state index contributed by atoms with van der Waals surface area (Å²) in [5.74, 6) is 0.636. The molecule has 7 nitrogen and oxygen atoms in total. The molecule has 0 atom stereocenters. The zero-order valence-electron chi connectivity index (χ0n) is 15.3. The first-order valence-corrected chi connectivity index (χ1v) is 10.4. The second-order valence-electron chi connectivity index (χ2n) is 6.40. The van der Waals surface area contributed by atoms with Crippen LogP contribution >= 0.6 is 27.7 Å². The van der Waals surface area contributed by atoms with E-state index >= 15 is 0 Å². The average molecular weight is 485 g/mol. The fourth-order valence-corrected chi connectivity index (χ4v) is 4.00. The van der Waals surface area contributed by atoms with E-state index in [-0.39, 0.29) is 17.1 Å². The van der Waals surface area contributed by atoms with Crippen molar-refractivity contribution in [2.24, 2.45) is 0 Å². The van der Waals surface area contributed by atoms with Crippen molar-refractivity contribution in [1.29, 1.82) is 0 Å². The molecule has 0 radical (unpaired) electrons. The quantitative estimate of drug-likeness (QED) is 0.256. The zero-order valence-corrected chi connectivity index (χ0v) is 17.7. The smallest absolute Gasteiger partial charge is 0.293 e. The number of nitro benzene ring substituents is 1. The number of nitro groups is 1. The van der Waals surface area contributed by atoms with Gasteiger partial charge in [-0.05, 0) is 41.6 Å². The maximum absolute atomic E-state index is 12.7. The zero-order chi connectivity index (χ0) is 21.3. The Morgan fingerprint density at radius 3 is 2.60 bits per heavy atom. The van der Waals surface area contributed by atoms with E-state index < -0.39 is 16.1 Å². The summed E-state index contributed by atoms with van der Waals surface area (Å²) in [7, 11) is 0. The normalized spacial score (nSPS) is 15.2. The molecule has 1 fully saturated rings. The molecule has 9 heteroatoms. The molecule has 1 aliphatic heterocycles. The molecule has 1 aliphatic rings. The number of hydrogen-bond acceptors (Lipinski definition) is 6. The number of thioether (sulfide) groups is 1. The average Bonchev–Trinajstić information content (AvgIpc) is 3.29. The van der Waals surface area contributed by atoms with Crippen LogP contribution in [0.25, 0.3) is 17.4 Å². The molecule has 4 rings (SSSR count). The number of amides is 2. The Bertz CT molecular complexity index is 1190. The minimum absolute atomic E-state index is 0.0357. The number of non-ortho nitro benzene ring substituents is 1. The Labute approximate surface area is 183 Å². The van der Waals surface area contributed by atoms with Gasteiger partial charge in [-0.1, -0.05) is 40.2 Å². The van der Waals surface area contributed by atoms with Crippen LogP contribution in [0.2, 0.25) is 0 Å². The lowest BCUT2D eigenvalue weighted by molar-refractivity contribution is -0.384. The van der Waals surface area contributed by atoms with E-state index in [1.165, 1.54) is 24.3 Å². The molecule has 0 spiro atoms. The summed E-state index contributed by atoms with van der Waals surface area (Å²) in [5.41, 5.74) is 1.30. The van der Waals surface area contributed by atoms with Crippen molar-refractivity contribution in [2.75, 3.05) is 0 Å². The number of rotatable bonds is 5. The van der Waals surface area contributed by atoms with Gasteiger partial charge in [-0.15, -0.1) is 0 Å². The molecular formula is C21H13BrN2O5S. The monoisotopic (exact) mass is 484 g/mol. The third-order valence-electron chi connectivity index (χ3n) is 4.36. The molecule has 30 heavy (non-hydrogen) atoms. The minimum Gasteiger partial charge on any atom is -0.457 e. The van der Waals surface area contributed by atoms with Gasteiger partial charge in [0.15, 0.2) is 0 Å². The fourth-order valence-electron chi connectivity index (χ4n) is 2.92. The van der Waals surface area contributed by atoms with Gasteiger partial charge in [0.25, 0.3) is 16.8 Å². The lowest BCUT2D eigenvalue weighted by atomic mass is 10.2. The van der Waals surface area contributed by atoms with Gasteiger partial charge in [-0.2, -0.15) is 0 Å². The van der Waals surface area contributed by atoms with E-state index in [1.54, 1.807) is 18.2 Å². The van der Waals surface area contributed by atoms with Gasteiger partial charge < -0.3 is 4.42 Å². The van der Waals surface area contributed by atoms with Crippen molar-refractivity contribution < 1.29 is 18.9 Å². The Balaban J connectivity index is 1.52. The van der Waals surface area contributed by atoms with Crippen molar-refractivity contribution in [3.63, 3.8) is 0 Å². The summed E-state index contributed by atoms with van der Waals surface area (Å²) in [4.78, 5) is 36.7. The van der Waals surface area contributed by atoms with E-state index in [1.807, 2.05) is 24.3 Å². The maximum Gasteiger partial charge on any atom is 0.293 e. The van der Waals surface area contributed by atoms with E-state index in [4.69, 9.17) is 4.42 Å². The summed E-state index contributed by atoms with van der Waals surface area (Å²) in [6.07, 6.45) is 1.53. The van der Waals surface area contributed by atoms with E-state index in [0.29, 0.717) is 17.1 Å². The van der Waals surface area contributed by atoms with Crippen molar-refractivity contribution in [3.8, 4) is 11.3 Å². The molecular weight excluding hydrogens is 472 g/mol. The number of benzene rings is 2. The van der Waals surface area contributed by atoms with Crippen LogP contribution in [0.3, 0.4) is 0 Å². The predicted octanol–water partition coefficient (Wildman–Crippen LogP) is 5.85. The molecule has 2 heterocycles. The number of nitrogens with zero attached hydrogens (tertiary/aromatic N) is 2. The fraction of sp³-hybridized carbons (Fsp3) is 0.0476. The summed E-state index contributed by atoms with van der Waals surface area (Å²) >= 11 is 4.20. The first-order chi connectivity index (χ1) is 14.4. The Morgan fingerprint density at radius 2 is 1.87 bits per heavy atom. The van der Waals surface area contributed by atoms with Gasteiger partial charge in [0.05, 0.1) is 16.4 Å². The highest BCUT2D eigenvalue weighted by Gasteiger charge is 2.35. The number of hydrogen-bond donors (Lipinski definition) is 0. The molecule has 1 saturated heterocycles. The molecule has 2 aromatic carbocycles. The molecule has 1 aromatic heterocycles. The standard InChI is InChI=1S/C21H13BrN2O5S/c22-15-6-4-14(5-7-15)18-9-8-17(29-18)11-19-20(25)23(21(26)30-19)12-13-2-1-3-16(10-13)24(27)28/h1-11H,12H2/b19-11-. The van der Waals surface area contributed by atoms with Crippen LogP contribution in [-0.2, 0) is 11.3 Å². The molecule has 0 aliphatic carbocycles. The lowest BCUT2D eigenvalue weighted by Gasteiger charge is -2.12. The third-order valence-corrected chi connectivity index (χ3v) is 5.80. The molecule has 3 aromatic rings. The van der Waals surface area contributed by atoms with Gasteiger partial charge in [0.1, 0.15) is 11.5 Å². The van der Waals surface area contributed by atoms with Crippen molar-refractivity contribution in [1.82, 2.24) is 4.90 Å². The topological polar surface area (TPSA) is 93.7 Å². The third kappa shape index (κ3) is 4.22. The molecule has 2 amide bonds. The Morgan fingerprint density at radius 1 is 1.10 bits per heavy atom. The molecule has 0 unspecified atom stereocenters. The second kappa shape index (κ2) is 8.29. The van der Waals surface area contributed by atoms with Gasteiger partial charge in [0.2, 0.25) is 0 Å². The van der Waals surface area contributed by atoms with Crippen LogP contribution in [0.4, 0.5) is 10.5 Å². The van der Waals surface area contributed by atoms with Gasteiger partial charge in [-0.3, -0.25) is 24.6 Å². The van der Waals surface area contributed by atoms with Crippen molar-refractivity contribution >= 4 is 50.6 Å². The minimum atomic E-state index is -0.517. The largest absolute Gasteiger partial charge is 0.457 e. The summed E-state index contributed by atoms with van der Waals surface area (Å²) < 4.78 is 6.74. The number of imide groups is 1. The number of carbonyl (C=O) groups is 2. The Hall–Kier alpha value is -3.17. The molecule has 0 N–H and O–H groups in total. The van der Waals surface area contributed by atoms with Gasteiger partial charge in [-0.25, -0.2) is 0 Å². The lowest BCUT2D eigenvalue weighted by Crippen LogP contribution is -2.27. The maximum atomic E-state index is 12.7. The van der Waals surface area contributed by atoms with Crippen LogP contribution in [0.1, 0.15) is 11.3 Å². The second-order valence-corrected chi connectivity index (χ2v) is 8.31. The number of furan rings is 1. The number of carbonyl (C=O) groups excluding carboxylic acids is 2. The highest BCUT2D eigenvalue weighted by atomic mass is 79.9. The SMILES string of the molecule is O=C1S/C(=C\c2ccc(-c3ccc(Br)cc3)o2)C(=O)N1Cc1cccc([N+](=O)[O-])c1.